The molecular formula is C14H16N2OS. The van der Waals surface area contributed by atoms with Crippen molar-refractivity contribution in [1.82, 2.24) is 0 Å². The Labute approximate surface area is 112 Å². The van der Waals surface area contributed by atoms with Crippen LogP contribution in [0.5, 0.6) is 0 Å². The summed E-state index contributed by atoms with van der Waals surface area (Å²) in [7, 11) is 2.02. The van der Waals surface area contributed by atoms with Gasteiger partial charge in [-0.15, -0.1) is 0 Å². The molecule has 0 amide bonds. The van der Waals surface area contributed by atoms with E-state index in [1.54, 1.807) is 12.5 Å². The van der Waals surface area contributed by atoms with Gasteiger partial charge in [-0.05, 0) is 30.7 Å². The van der Waals surface area contributed by atoms with Crippen LogP contribution in [0.25, 0.3) is 0 Å². The highest BCUT2D eigenvalue weighted by Gasteiger charge is 2.10. The van der Waals surface area contributed by atoms with Gasteiger partial charge < -0.3 is 15.1 Å². The lowest BCUT2D eigenvalue weighted by atomic mass is 10.1. The standard InChI is InChI=1S/C14H16N2OS/c1-10-3-4-12(14(15)18)13(7-10)16(2)8-11-5-6-17-9-11/h3-7,9H,8H2,1-2H3,(H2,15,18). The van der Waals surface area contributed by atoms with Crippen LogP contribution in [0, 0.1) is 6.92 Å². The van der Waals surface area contributed by atoms with Crippen molar-refractivity contribution in [2.24, 2.45) is 5.73 Å². The maximum atomic E-state index is 5.76. The van der Waals surface area contributed by atoms with Crippen molar-refractivity contribution < 1.29 is 4.42 Å². The zero-order chi connectivity index (χ0) is 13.1. The van der Waals surface area contributed by atoms with Crippen molar-refractivity contribution >= 4 is 22.9 Å². The first kappa shape index (κ1) is 12.6. The molecule has 0 atom stereocenters. The first-order valence-corrected chi connectivity index (χ1v) is 6.11. The van der Waals surface area contributed by atoms with Gasteiger partial charge in [0.05, 0.1) is 12.5 Å². The number of aryl methyl sites for hydroxylation is 1. The number of hydrogen-bond donors (Lipinski definition) is 1. The van der Waals surface area contributed by atoms with Crippen molar-refractivity contribution in [2.45, 2.75) is 13.5 Å². The Morgan fingerprint density at radius 3 is 2.78 bits per heavy atom. The summed E-state index contributed by atoms with van der Waals surface area (Å²) in [6.45, 7) is 2.81. The molecule has 4 heteroatoms. The highest BCUT2D eigenvalue weighted by molar-refractivity contribution is 7.80. The number of rotatable bonds is 4. The van der Waals surface area contributed by atoms with Gasteiger partial charge in [-0.3, -0.25) is 0 Å². The molecule has 0 aliphatic carbocycles. The Balaban J connectivity index is 2.31. The highest BCUT2D eigenvalue weighted by Crippen LogP contribution is 2.23. The first-order valence-electron chi connectivity index (χ1n) is 5.70. The molecule has 0 saturated heterocycles. The second-order valence-electron chi connectivity index (χ2n) is 4.37. The number of nitrogens with zero attached hydrogens (tertiary/aromatic N) is 1. The van der Waals surface area contributed by atoms with E-state index in [-0.39, 0.29) is 0 Å². The van der Waals surface area contributed by atoms with E-state index in [0.717, 1.165) is 23.4 Å². The molecule has 0 bridgehead atoms. The Kier molecular flexibility index (Phi) is 3.67. The van der Waals surface area contributed by atoms with Gasteiger partial charge in [0, 0.05) is 30.4 Å². The quantitative estimate of drug-likeness (QED) is 0.858. The van der Waals surface area contributed by atoms with Crippen molar-refractivity contribution in [3.8, 4) is 0 Å². The zero-order valence-electron chi connectivity index (χ0n) is 10.5. The van der Waals surface area contributed by atoms with Crippen LogP contribution in [0.1, 0.15) is 16.7 Å². The molecule has 2 N–H and O–H groups in total. The lowest BCUT2D eigenvalue weighted by molar-refractivity contribution is 0.563. The van der Waals surface area contributed by atoms with Crippen LogP contribution in [-0.4, -0.2) is 12.0 Å². The van der Waals surface area contributed by atoms with E-state index in [2.05, 4.69) is 17.9 Å². The Hall–Kier alpha value is -1.81. The smallest absolute Gasteiger partial charge is 0.106 e. The summed E-state index contributed by atoms with van der Waals surface area (Å²) in [5.41, 5.74) is 10.0. The third-order valence-corrected chi connectivity index (χ3v) is 3.05. The van der Waals surface area contributed by atoms with E-state index in [0.29, 0.717) is 4.99 Å². The number of furan rings is 1. The molecule has 1 aromatic carbocycles. The van der Waals surface area contributed by atoms with Crippen LogP contribution in [0.3, 0.4) is 0 Å². The molecule has 0 saturated carbocycles. The lowest BCUT2D eigenvalue weighted by Crippen LogP contribution is -2.21. The fourth-order valence-corrected chi connectivity index (χ4v) is 2.08. The average molecular weight is 260 g/mol. The SMILES string of the molecule is Cc1ccc(C(N)=S)c(N(C)Cc2ccoc2)c1. The van der Waals surface area contributed by atoms with Crippen LogP contribution < -0.4 is 10.6 Å². The molecule has 3 nitrogen and oxygen atoms in total. The number of benzene rings is 1. The van der Waals surface area contributed by atoms with E-state index in [1.165, 1.54) is 5.56 Å². The molecule has 94 valence electrons. The molecule has 0 radical (unpaired) electrons. The van der Waals surface area contributed by atoms with Crippen LogP contribution in [0.4, 0.5) is 5.69 Å². The summed E-state index contributed by atoms with van der Waals surface area (Å²) in [6.07, 6.45) is 3.42. The third-order valence-electron chi connectivity index (χ3n) is 2.83. The van der Waals surface area contributed by atoms with Crippen molar-refractivity contribution in [2.75, 3.05) is 11.9 Å². The molecule has 0 aliphatic rings. The lowest BCUT2D eigenvalue weighted by Gasteiger charge is -2.22. The Bertz CT molecular complexity index is 549. The first-order chi connectivity index (χ1) is 8.58. The van der Waals surface area contributed by atoms with Crippen LogP contribution in [-0.2, 0) is 6.54 Å². The molecule has 1 heterocycles. The minimum Gasteiger partial charge on any atom is -0.472 e. The summed E-state index contributed by atoms with van der Waals surface area (Å²) in [6, 6.07) is 8.03. The van der Waals surface area contributed by atoms with E-state index < -0.39 is 0 Å². The summed E-state index contributed by atoms with van der Waals surface area (Å²) in [4.78, 5) is 2.54. The van der Waals surface area contributed by atoms with Crippen LogP contribution >= 0.6 is 12.2 Å². The van der Waals surface area contributed by atoms with E-state index in [1.807, 2.05) is 25.2 Å². The maximum Gasteiger partial charge on any atom is 0.106 e. The second-order valence-corrected chi connectivity index (χ2v) is 4.81. The van der Waals surface area contributed by atoms with E-state index >= 15 is 0 Å². The predicted molar refractivity (Wildman–Crippen MR) is 77.9 cm³/mol. The molecule has 2 aromatic rings. The number of nitrogens with two attached hydrogens (primary N) is 1. The largest absolute Gasteiger partial charge is 0.472 e. The summed E-state index contributed by atoms with van der Waals surface area (Å²) in [5, 5.41) is 0. The van der Waals surface area contributed by atoms with Crippen LogP contribution in [0.2, 0.25) is 0 Å². The molecule has 0 unspecified atom stereocenters. The van der Waals surface area contributed by atoms with Crippen molar-refractivity contribution in [3.63, 3.8) is 0 Å². The van der Waals surface area contributed by atoms with Gasteiger partial charge in [0.25, 0.3) is 0 Å². The fraction of sp³-hybridized carbons (Fsp3) is 0.214. The molecule has 0 fully saturated rings. The Morgan fingerprint density at radius 2 is 2.17 bits per heavy atom. The van der Waals surface area contributed by atoms with Gasteiger partial charge in [-0.1, -0.05) is 18.3 Å². The number of hydrogen-bond acceptors (Lipinski definition) is 3. The van der Waals surface area contributed by atoms with Crippen LogP contribution in [0.15, 0.2) is 41.2 Å². The summed E-state index contributed by atoms with van der Waals surface area (Å²) < 4.78 is 5.08. The normalized spacial score (nSPS) is 10.3. The van der Waals surface area contributed by atoms with Crippen molar-refractivity contribution in [3.05, 3.63) is 53.5 Å². The predicted octanol–water partition coefficient (Wildman–Crippen LogP) is 2.86. The molecule has 2 rings (SSSR count). The van der Waals surface area contributed by atoms with Gasteiger partial charge in [-0.2, -0.15) is 0 Å². The molecular weight excluding hydrogens is 244 g/mol. The van der Waals surface area contributed by atoms with Crippen molar-refractivity contribution in [1.29, 1.82) is 0 Å². The molecule has 18 heavy (non-hydrogen) atoms. The van der Waals surface area contributed by atoms with Gasteiger partial charge >= 0.3 is 0 Å². The topological polar surface area (TPSA) is 42.4 Å². The van der Waals surface area contributed by atoms with E-state index in [4.69, 9.17) is 22.4 Å². The summed E-state index contributed by atoms with van der Waals surface area (Å²) in [5.74, 6) is 0. The average Bonchev–Trinajstić information content (AvgIpc) is 2.81. The number of thiocarbonyl (C=S) groups is 1. The molecule has 0 aliphatic heterocycles. The fourth-order valence-electron chi connectivity index (χ4n) is 1.91. The third kappa shape index (κ3) is 2.71. The van der Waals surface area contributed by atoms with Gasteiger partial charge in [0.1, 0.15) is 4.99 Å². The minimum absolute atomic E-state index is 0.420. The highest BCUT2D eigenvalue weighted by atomic mass is 32.1. The van der Waals surface area contributed by atoms with E-state index in [9.17, 15) is 0 Å². The zero-order valence-corrected chi connectivity index (χ0v) is 11.3. The van der Waals surface area contributed by atoms with Gasteiger partial charge in [0.15, 0.2) is 0 Å². The van der Waals surface area contributed by atoms with Gasteiger partial charge in [-0.25, -0.2) is 0 Å². The minimum atomic E-state index is 0.420. The molecule has 0 spiro atoms. The maximum absolute atomic E-state index is 5.76. The monoisotopic (exact) mass is 260 g/mol. The Morgan fingerprint density at radius 1 is 1.39 bits per heavy atom. The molecule has 1 aromatic heterocycles. The second kappa shape index (κ2) is 5.23. The summed E-state index contributed by atoms with van der Waals surface area (Å²) >= 11 is 5.09. The van der Waals surface area contributed by atoms with Gasteiger partial charge in [0.2, 0.25) is 0 Å². The number of anilines is 1.